The molecule has 1 aliphatic rings. The summed E-state index contributed by atoms with van der Waals surface area (Å²) in [6.07, 6.45) is 4.88. The van der Waals surface area contributed by atoms with Crippen molar-refractivity contribution in [1.82, 2.24) is 19.4 Å². The lowest BCUT2D eigenvalue weighted by molar-refractivity contribution is -0.134. The van der Waals surface area contributed by atoms with Gasteiger partial charge in [-0.25, -0.2) is 4.98 Å². The van der Waals surface area contributed by atoms with E-state index in [9.17, 15) is 9.59 Å². The lowest BCUT2D eigenvalue weighted by Crippen LogP contribution is -2.38. The van der Waals surface area contributed by atoms with E-state index >= 15 is 0 Å². The maximum atomic E-state index is 13.3. The summed E-state index contributed by atoms with van der Waals surface area (Å²) in [4.78, 5) is 34.4. The molecule has 172 valence electrons. The van der Waals surface area contributed by atoms with E-state index in [0.717, 1.165) is 17.5 Å². The highest BCUT2D eigenvalue weighted by atomic mass is 16.2. The maximum Gasteiger partial charge on any atom is 0.274 e. The Bertz CT molecular complexity index is 1120. The monoisotopic (exact) mass is 444 g/mol. The first-order chi connectivity index (χ1) is 15.9. The molecular weight excluding hydrogens is 412 g/mol. The molecule has 33 heavy (non-hydrogen) atoms. The van der Waals surface area contributed by atoms with Crippen LogP contribution in [0.25, 0.3) is 11.1 Å². The van der Waals surface area contributed by atoms with Crippen molar-refractivity contribution >= 4 is 11.8 Å². The fourth-order valence-corrected chi connectivity index (χ4v) is 4.50. The normalized spacial score (nSPS) is 16.7. The summed E-state index contributed by atoms with van der Waals surface area (Å²) in [5.41, 5.74) is 5.11. The zero-order valence-corrected chi connectivity index (χ0v) is 19.7. The number of aromatic nitrogens is 2. The first-order valence-corrected chi connectivity index (χ1v) is 11.7. The molecule has 4 rings (SSSR count). The third-order valence-electron chi connectivity index (χ3n) is 6.23. The van der Waals surface area contributed by atoms with Gasteiger partial charge < -0.3 is 14.4 Å². The summed E-state index contributed by atoms with van der Waals surface area (Å²) in [7, 11) is 1.85. The third kappa shape index (κ3) is 5.33. The summed E-state index contributed by atoms with van der Waals surface area (Å²) in [5, 5.41) is 0. The Morgan fingerprint density at radius 1 is 1.09 bits per heavy atom. The van der Waals surface area contributed by atoms with E-state index in [1.807, 2.05) is 11.9 Å². The maximum absolute atomic E-state index is 13.3. The Labute approximate surface area is 195 Å². The van der Waals surface area contributed by atoms with E-state index < -0.39 is 0 Å². The number of hydrogen-bond acceptors (Lipinski definition) is 3. The van der Waals surface area contributed by atoms with Crippen LogP contribution in [0.3, 0.4) is 0 Å². The minimum absolute atomic E-state index is 0.110. The highest BCUT2D eigenvalue weighted by Gasteiger charge is 2.32. The van der Waals surface area contributed by atoms with Crippen LogP contribution in [0.4, 0.5) is 0 Å². The Hall–Kier alpha value is -3.41. The van der Waals surface area contributed by atoms with Crippen LogP contribution >= 0.6 is 0 Å². The lowest BCUT2D eigenvalue weighted by atomic mass is 9.95. The van der Waals surface area contributed by atoms with Gasteiger partial charge in [0.1, 0.15) is 5.69 Å². The van der Waals surface area contributed by atoms with Gasteiger partial charge in [-0.1, -0.05) is 61.0 Å². The van der Waals surface area contributed by atoms with E-state index in [1.165, 1.54) is 11.1 Å². The summed E-state index contributed by atoms with van der Waals surface area (Å²) in [6.45, 7) is 6.39. The minimum Gasteiger partial charge on any atom is -0.341 e. The van der Waals surface area contributed by atoms with Crippen LogP contribution in [0.5, 0.6) is 0 Å². The summed E-state index contributed by atoms with van der Waals surface area (Å²) >= 11 is 0. The van der Waals surface area contributed by atoms with Gasteiger partial charge in [-0.15, -0.1) is 0 Å². The molecule has 1 atom stereocenters. The summed E-state index contributed by atoms with van der Waals surface area (Å²) in [6, 6.07) is 16.9. The number of hydrogen-bond donors (Lipinski definition) is 0. The number of imidazole rings is 1. The standard InChI is InChI=1S/C27H32N4O2/c1-4-12-30-13-14-31(27(33)25-18-29(3)19-28-25)17-24(26(30)32)16-21-8-10-22(11-9-21)23-7-5-6-20(2)15-23/h5-11,15,18-19,24H,4,12-14,16-17H2,1-3H3. The van der Waals surface area contributed by atoms with E-state index in [2.05, 4.69) is 67.4 Å². The van der Waals surface area contributed by atoms with Crippen LogP contribution in [0.1, 0.15) is 35.0 Å². The molecule has 0 N–H and O–H groups in total. The number of aryl methyl sites for hydroxylation is 2. The van der Waals surface area contributed by atoms with Crippen LogP contribution in [-0.4, -0.2) is 57.3 Å². The molecule has 6 nitrogen and oxygen atoms in total. The lowest BCUT2D eigenvalue weighted by Gasteiger charge is -2.23. The second kappa shape index (κ2) is 10.0. The third-order valence-corrected chi connectivity index (χ3v) is 6.23. The van der Waals surface area contributed by atoms with Gasteiger partial charge in [-0.2, -0.15) is 0 Å². The Morgan fingerprint density at radius 2 is 1.88 bits per heavy atom. The Morgan fingerprint density at radius 3 is 2.55 bits per heavy atom. The second-order valence-corrected chi connectivity index (χ2v) is 8.97. The van der Waals surface area contributed by atoms with E-state index in [-0.39, 0.29) is 17.7 Å². The van der Waals surface area contributed by atoms with Crippen LogP contribution in [-0.2, 0) is 18.3 Å². The van der Waals surface area contributed by atoms with Crippen LogP contribution in [0, 0.1) is 12.8 Å². The molecule has 1 aromatic heterocycles. The first kappa shape index (κ1) is 22.8. The molecule has 0 bridgehead atoms. The molecule has 6 heteroatoms. The molecule has 2 heterocycles. The summed E-state index contributed by atoms with van der Waals surface area (Å²) < 4.78 is 1.77. The average molecular weight is 445 g/mol. The highest BCUT2D eigenvalue weighted by Crippen LogP contribution is 2.23. The number of benzene rings is 2. The first-order valence-electron chi connectivity index (χ1n) is 11.7. The van der Waals surface area contributed by atoms with Crippen molar-refractivity contribution in [1.29, 1.82) is 0 Å². The number of carbonyl (C=O) groups is 2. The van der Waals surface area contributed by atoms with Gasteiger partial charge in [0.15, 0.2) is 0 Å². The van der Waals surface area contributed by atoms with Crippen molar-refractivity contribution < 1.29 is 9.59 Å². The molecular formula is C27H32N4O2. The molecule has 2 amide bonds. The van der Waals surface area contributed by atoms with Crippen molar-refractivity contribution in [3.8, 4) is 11.1 Å². The van der Waals surface area contributed by atoms with Gasteiger partial charge in [-0.3, -0.25) is 9.59 Å². The molecule has 1 fully saturated rings. The smallest absolute Gasteiger partial charge is 0.274 e. The van der Waals surface area contributed by atoms with Gasteiger partial charge in [-0.05, 0) is 36.5 Å². The predicted octanol–water partition coefficient (Wildman–Crippen LogP) is 3.95. The quantitative estimate of drug-likeness (QED) is 0.579. The van der Waals surface area contributed by atoms with Crippen molar-refractivity contribution in [3.05, 3.63) is 77.9 Å². The number of nitrogens with zero attached hydrogens (tertiary/aromatic N) is 4. The topological polar surface area (TPSA) is 58.4 Å². The molecule has 0 aliphatic carbocycles. The van der Waals surface area contributed by atoms with Crippen molar-refractivity contribution in [2.45, 2.75) is 26.7 Å². The molecule has 0 saturated carbocycles. The molecule has 0 radical (unpaired) electrons. The molecule has 1 saturated heterocycles. The zero-order valence-electron chi connectivity index (χ0n) is 19.7. The second-order valence-electron chi connectivity index (χ2n) is 8.97. The number of carbonyl (C=O) groups excluding carboxylic acids is 2. The van der Waals surface area contributed by atoms with Gasteiger partial charge >= 0.3 is 0 Å². The minimum atomic E-state index is -0.267. The average Bonchev–Trinajstić information content (AvgIpc) is 3.19. The zero-order chi connectivity index (χ0) is 23.4. The highest BCUT2D eigenvalue weighted by molar-refractivity contribution is 5.93. The molecule has 1 unspecified atom stereocenters. The van der Waals surface area contributed by atoms with Gasteiger partial charge in [0.25, 0.3) is 5.91 Å². The van der Waals surface area contributed by atoms with E-state index in [4.69, 9.17) is 0 Å². The Balaban J connectivity index is 1.54. The number of amides is 2. The van der Waals surface area contributed by atoms with E-state index in [1.54, 1.807) is 22.0 Å². The molecule has 0 spiro atoms. The van der Waals surface area contributed by atoms with Gasteiger partial charge in [0.05, 0.1) is 12.2 Å². The fraction of sp³-hybridized carbons (Fsp3) is 0.370. The molecule has 2 aromatic carbocycles. The largest absolute Gasteiger partial charge is 0.341 e. The van der Waals surface area contributed by atoms with Crippen LogP contribution in [0.2, 0.25) is 0 Å². The van der Waals surface area contributed by atoms with Crippen molar-refractivity contribution in [3.63, 3.8) is 0 Å². The SMILES string of the molecule is CCCN1CCN(C(=O)c2cn(C)cn2)CC(Cc2ccc(-c3cccc(C)c3)cc2)C1=O. The van der Waals surface area contributed by atoms with Crippen molar-refractivity contribution in [2.75, 3.05) is 26.2 Å². The van der Waals surface area contributed by atoms with Crippen molar-refractivity contribution in [2.24, 2.45) is 13.0 Å². The Kier molecular flexibility index (Phi) is 6.92. The van der Waals surface area contributed by atoms with Crippen LogP contribution in [0.15, 0.2) is 61.1 Å². The molecule has 1 aliphatic heterocycles. The van der Waals surface area contributed by atoms with Gasteiger partial charge in [0.2, 0.25) is 5.91 Å². The van der Waals surface area contributed by atoms with Crippen LogP contribution < -0.4 is 0 Å². The predicted molar refractivity (Wildman–Crippen MR) is 130 cm³/mol. The van der Waals surface area contributed by atoms with Gasteiger partial charge in [0, 0.05) is 39.4 Å². The summed E-state index contributed by atoms with van der Waals surface area (Å²) in [5.74, 6) is -0.242. The molecule has 3 aromatic rings. The van der Waals surface area contributed by atoms with E-state index in [0.29, 0.717) is 38.3 Å². The number of rotatable bonds is 6. The fourth-order valence-electron chi connectivity index (χ4n) is 4.50.